The highest BCUT2D eigenvalue weighted by Gasteiger charge is 2.12. The smallest absolute Gasteiger partial charge is 0.119 e. The first-order valence-corrected chi connectivity index (χ1v) is 12.2. The Morgan fingerprint density at radius 3 is 2.42 bits per heavy atom. The van der Waals surface area contributed by atoms with Crippen LogP contribution in [0, 0.1) is 0 Å². The van der Waals surface area contributed by atoms with Gasteiger partial charge in [-0.25, -0.2) is 4.98 Å². The number of halogens is 1. The molecule has 0 amide bonds. The zero-order valence-electron chi connectivity index (χ0n) is 18.4. The molecule has 1 fully saturated rings. The first-order valence-electron chi connectivity index (χ1n) is 11.8. The summed E-state index contributed by atoms with van der Waals surface area (Å²) in [5.74, 6) is 2.11. The van der Waals surface area contributed by atoms with Gasteiger partial charge in [0.05, 0.1) is 17.6 Å². The second-order valence-electron chi connectivity index (χ2n) is 8.54. The maximum atomic E-state index is 5.94. The van der Waals surface area contributed by atoms with Crippen LogP contribution in [0.5, 0.6) is 5.75 Å². The Kier molecular flexibility index (Phi) is 8.25. The van der Waals surface area contributed by atoms with E-state index in [9.17, 15) is 0 Å². The van der Waals surface area contributed by atoms with E-state index in [1.807, 2.05) is 24.3 Å². The summed E-state index contributed by atoms with van der Waals surface area (Å²) in [6.07, 6.45) is 9.83. The van der Waals surface area contributed by atoms with Gasteiger partial charge in [0.2, 0.25) is 0 Å². The van der Waals surface area contributed by atoms with E-state index in [0.29, 0.717) is 0 Å². The van der Waals surface area contributed by atoms with Gasteiger partial charge >= 0.3 is 0 Å². The van der Waals surface area contributed by atoms with Crippen molar-refractivity contribution >= 4 is 22.6 Å². The molecule has 0 atom stereocenters. The van der Waals surface area contributed by atoms with E-state index in [-0.39, 0.29) is 0 Å². The molecule has 4 rings (SSSR count). The van der Waals surface area contributed by atoms with Gasteiger partial charge < -0.3 is 14.2 Å². The van der Waals surface area contributed by atoms with Crippen LogP contribution in [0.2, 0.25) is 5.02 Å². The lowest BCUT2D eigenvalue weighted by Gasteiger charge is -2.19. The number of benzene rings is 2. The number of aryl methyl sites for hydroxylation is 2. The van der Waals surface area contributed by atoms with Crippen LogP contribution in [-0.4, -0.2) is 40.7 Å². The summed E-state index contributed by atoms with van der Waals surface area (Å²) in [6.45, 7) is 5.44. The number of ether oxygens (including phenoxy) is 1. The van der Waals surface area contributed by atoms with Gasteiger partial charge in [0, 0.05) is 18.0 Å². The van der Waals surface area contributed by atoms with Crippen molar-refractivity contribution < 1.29 is 4.74 Å². The maximum Gasteiger partial charge on any atom is 0.119 e. The molecule has 2 aromatic carbocycles. The maximum absolute atomic E-state index is 5.94. The quantitative estimate of drug-likeness (QED) is 0.344. The number of rotatable bonds is 10. The zero-order valence-corrected chi connectivity index (χ0v) is 19.2. The third kappa shape index (κ3) is 6.47. The van der Waals surface area contributed by atoms with Crippen LogP contribution in [0.25, 0.3) is 11.0 Å². The van der Waals surface area contributed by atoms with Crippen LogP contribution >= 0.6 is 11.6 Å². The monoisotopic (exact) mass is 439 g/mol. The van der Waals surface area contributed by atoms with Crippen LogP contribution in [0.3, 0.4) is 0 Å². The molecule has 4 nitrogen and oxygen atoms in total. The summed E-state index contributed by atoms with van der Waals surface area (Å²) in [6, 6.07) is 16.1. The Morgan fingerprint density at radius 1 is 0.839 bits per heavy atom. The molecule has 31 heavy (non-hydrogen) atoms. The average Bonchev–Trinajstić information content (AvgIpc) is 2.94. The van der Waals surface area contributed by atoms with Crippen molar-refractivity contribution in [2.24, 2.45) is 0 Å². The number of likely N-dealkylation sites (tertiary alicyclic amines) is 1. The molecular weight excluding hydrogens is 406 g/mol. The number of nitrogens with zero attached hydrogens (tertiary/aromatic N) is 3. The predicted octanol–water partition coefficient (Wildman–Crippen LogP) is 6.36. The van der Waals surface area contributed by atoms with Crippen LogP contribution < -0.4 is 4.74 Å². The minimum atomic E-state index is 0.721. The Labute approximate surface area is 191 Å². The highest BCUT2D eigenvalue weighted by molar-refractivity contribution is 6.30. The molecule has 1 aliphatic heterocycles. The van der Waals surface area contributed by atoms with Gasteiger partial charge in [-0.3, -0.25) is 0 Å². The van der Waals surface area contributed by atoms with Crippen LogP contribution in [0.1, 0.15) is 50.8 Å². The van der Waals surface area contributed by atoms with Crippen molar-refractivity contribution in [3.63, 3.8) is 0 Å². The van der Waals surface area contributed by atoms with Crippen molar-refractivity contribution in [2.45, 2.75) is 57.9 Å². The molecule has 0 spiro atoms. The lowest BCUT2D eigenvalue weighted by atomic mass is 10.2. The van der Waals surface area contributed by atoms with Gasteiger partial charge in [-0.2, -0.15) is 0 Å². The van der Waals surface area contributed by atoms with Crippen molar-refractivity contribution in [3.05, 3.63) is 59.4 Å². The number of unbranched alkanes of at least 4 members (excludes halogenated alkanes) is 1. The molecular formula is C26H34ClN3O. The third-order valence-corrected chi connectivity index (χ3v) is 6.42. The molecule has 0 N–H and O–H groups in total. The minimum absolute atomic E-state index is 0.721. The molecule has 166 valence electrons. The number of para-hydroxylation sites is 2. The molecule has 0 aliphatic carbocycles. The molecule has 5 heteroatoms. The van der Waals surface area contributed by atoms with E-state index in [1.54, 1.807) is 0 Å². The molecule has 0 saturated carbocycles. The summed E-state index contributed by atoms with van der Waals surface area (Å²) in [4.78, 5) is 7.62. The molecule has 0 bridgehead atoms. The zero-order chi connectivity index (χ0) is 21.3. The molecule has 0 unspecified atom stereocenters. The van der Waals surface area contributed by atoms with Crippen molar-refractivity contribution in [2.75, 3.05) is 26.2 Å². The molecule has 3 aromatic rings. The highest BCUT2D eigenvalue weighted by atomic mass is 35.5. The van der Waals surface area contributed by atoms with E-state index in [1.165, 1.54) is 63.1 Å². The molecule has 1 saturated heterocycles. The van der Waals surface area contributed by atoms with Crippen LogP contribution in [-0.2, 0) is 13.0 Å². The summed E-state index contributed by atoms with van der Waals surface area (Å²) in [5, 5.41) is 0.739. The number of hydrogen-bond acceptors (Lipinski definition) is 3. The topological polar surface area (TPSA) is 30.3 Å². The van der Waals surface area contributed by atoms with Crippen molar-refractivity contribution in [3.8, 4) is 5.75 Å². The van der Waals surface area contributed by atoms with Gasteiger partial charge in [0.1, 0.15) is 11.6 Å². The fraction of sp³-hybridized carbons (Fsp3) is 0.500. The fourth-order valence-electron chi connectivity index (χ4n) is 4.48. The average molecular weight is 440 g/mol. The van der Waals surface area contributed by atoms with E-state index in [0.717, 1.165) is 48.7 Å². The molecule has 2 heterocycles. The van der Waals surface area contributed by atoms with Crippen molar-refractivity contribution in [1.29, 1.82) is 0 Å². The van der Waals surface area contributed by atoms with Gasteiger partial charge in [-0.15, -0.1) is 0 Å². The van der Waals surface area contributed by atoms with E-state index in [2.05, 4.69) is 33.7 Å². The van der Waals surface area contributed by atoms with Gasteiger partial charge in [0.25, 0.3) is 0 Å². The van der Waals surface area contributed by atoms with Crippen molar-refractivity contribution in [1.82, 2.24) is 14.5 Å². The first-order chi connectivity index (χ1) is 15.3. The number of aromatic nitrogens is 2. The molecule has 1 aliphatic rings. The largest absolute Gasteiger partial charge is 0.494 e. The van der Waals surface area contributed by atoms with Gasteiger partial charge in [0.15, 0.2) is 0 Å². The van der Waals surface area contributed by atoms with E-state index < -0.39 is 0 Å². The summed E-state index contributed by atoms with van der Waals surface area (Å²) in [5.41, 5.74) is 2.37. The molecule has 1 aromatic heterocycles. The predicted molar refractivity (Wildman–Crippen MR) is 129 cm³/mol. The standard InChI is InChI=1S/C26H34ClN3O/c27-22-13-15-23(16-14-22)31-21-8-7-20-30-25-11-4-3-10-24(25)28-26(30)12-9-19-29-17-5-1-2-6-18-29/h3-4,10-11,13-16H,1-2,5-9,12,17-21H2. The number of fused-ring (bicyclic) bond motifs is 1. The van der Waals surface area contributed by atoms with E-state index >= 15 is 0 Å². The van der Waals surface area contributed by atoms with Gasteiger partial charge in [-0.1, -0.05) is 36.6 Å². The van der Waals surface area contributed by atoms with E-state index in [4.69, 9.17) is 21.3 Å². The lowest BCUT2D eigenvalue weighted by Crippen LogP contribution is -2.26. The summed E-state index contributed by atoms with van der Waals surface area (Å²) < 4.78 is 8.28. The fourth-order valence-corrected chi connectivity index (χ4v) is 4.61. The lowest BCUT2D eigenvalue weighted by molar-refractivity contribution is 0.280. The van der Waals surface area contributed by atoms with Crippen LogP contribution in [0.15, 0.2) is 48.5 Å². The second kappa shape index (κ2) is 11.5. The Morgan fingerprint density at radius 2 is 1.61 bits per heavy atom. The normalized spacial score (nSPS) is 15.3. The van der Waals surface area contributed by atoms with Crippen LogP contribution in [0.4, 0.5) is 0 Å². The number of imidazole rings is 1. The molecule has 0 radical (unpaired) electrons. The Hall–Kier alpha value is -2.04. The second-order valence-corrected chi connectivity index (χ2v) is 8.97. The minimum Gasteiger partial charge on any atom is -0.494 e. The first kappa shape index (κ1) is 22.2. The van der Waals surface area contributed by atoms with Gasteiger partial charge in [-0.05, 0) is 88.1 Å². The Bertz CT molecular complexity index is 929. The Balaban J connectivity index is 1.29. The summed E-state index contributed by atoms with van der Waals surface area (Å²) in [7, 11) is 0. The number of hydrogen-bond donors (Lipinski definition) is 0. The third-order valence-electron chi connectivity index (χ3n) is 6.17. The highest BCUT2D eigenvalue weighted by Crippen LogP contribution is 2.20. The summed E-state index contributed by atoms with van der Waals surface area (Å²) >= 11 is 5.94. The SMILES string of the molecule is Clc1ccc(OCCCCn2c(CCCN3CCCCCC3)nc3ccccc32)cc1.